The summed E-state index contributed by atoms with van der Waals surface area (Å²) >= 11 is 1.61. The van der Waals surface area contributed by atoms with Crippen LogP contribution in [-0.4, -0.2) is 47.9 Å². The summed E-state index contributed by atoms with van der Waals surface area (Å²) in [5, 5.41) is 7.39. The van der Waals surface area contributed by atoms with E-state index in [0.29, 0.717) is 24.2 Å². The second kappa shape index (κ2) is 14.8. The van der Waals surface area contributed by atoms with Crippen molar-refractivity contribution in [3.63, 3.8) is 0 Å². The molecule has 11 heteroatoms. The summed E-state index contributed by atoms with van der Waals surface area (Å²) in [4.78, 5) is 25.6. The Morgan fingerprint density at radius 3 is 2.68 bits per heavy atom. The number of carbonyl (C=O) groups excluding carboxylic acids is 2. The van der Waals surface area contributed by atoms with Gasteiger partial charge in [-0.15, -0.1) is 11.8 Å². The lowest BCUT2D eigenvalue weighted by Crippen LogP contribution is -2.17. The number of aromatic nitrogens is 2. The number of ether oxygens (including phenoxy) is 1. The Kier molecular flexibility index (Phi) is 11.8. The maximum atomic E-state index is 15.4. The molecule has 38 heavy (non-hydrogen) atoms. The molecule has 1 aliphatic rings. The molecule has 1 aromatic heterocycles. The number of amides is 2. The Bertz CT molecular complexity index is 1250. The van der Waals surface area contributed by atoms with E-state index < -0.39 is 11.9 Å². The molecule has 0 atom stereocenters. The van der Waals surface area contributed by atoms with Gasteiger partial charge in [0.2, 0.25) is 6.41 Å². The number of benzene rings is 1. The number of hydrogen-bond donors (Lipinski definition) is 3. The second-order valence-electron chi connectivity index (χ2n) is 8.54. The van der Waals surface area contributed by atoms with Gasteiger partial charge >= 0.3 is 6.09 Å². The maximum absolute atomic E-state index is 15.4. The van der Waals surface area contributed by atoms with Crippen molar-refractivity contribution in [3.05, 3.63) is 65.4 Å². The standard InChI is InChI=1S/C26H32FN5O2S.CH3NO/c1-6-8-17(14-29-5)23-19-10-11-21(28)25(35-7-2)24(19)32(31-23)22-12-9-18(13-20(22)27)30-26(33)34-15-16(3)4;2-1-3/h6,8-9,12-14,16H,1,7,10-11,15,28H2,2-5H3,(H,30,33);1H,(H2,2,3)/b17-8+,29-14?;. The molecule has 0 bridgehead atoms. The summed E-state index contributed by atoms with van der Waals surface area (Å²) < 4.78 is 22.2. The third-order valence-electron chi connectivity index (χ3n) is 5.23. The number of thioether (sulfide) groups is 1. The van der Waals surface area contributed by atoms with Crippen molar-refractivity contribution in [1.82, 2.24) is 9.78 Å². The number of allylic oxidation sites excluding steroid dienone is 4. The Labute approximate surface area is 226 Å². The highest BCUT2D eigenvalue weighted by Crippen LogP contribution is 2.41. The highest BCUT2D eigenvalue weighted by atomic mass is 32.2. The molecule has 3 rings (SSSR count). The zero-order valence-electron chi connectivity index (χ0n) is 22.2. The Balaban J connectivity index is 0.00000161. The smallest absolute Gasteiger partial charge is 0.411 e. The van der Waals surface area contributed by atoms with Crippen LogP contribution in [0.1, 0.15) is 44.1 Å². The number of nitrogens with two attached hydrogens (primary N) is 2. The van der Waals surface area contributed by atoms with Crippen molar-refractivity contribution in [2.75, 3.05) is 24.7 Å². The molecule has 2 amide bonds. The summed E-state index contributed by atoms with van der Waals surface area (Å²) in [5.41, 5.74) is 15.2. The van der Waals surface area contributed by atoms with Crippen LogP contribution in [0.2, 0.25) is 0 Å². The van der Waals surface area contributed by atoms with Crippen molar-refractivity contribution in [2.45, 2.75) is 33.6 Å². The first-order valence-electron chi connectivity index (χ1n) is 12.1. The molecule has 5 N–H and O–H groups in total. The zero-order chi connectivity index (χ0) is 28.2. The van der Waals surface area contributed by atoms with Gasteiger partial charge in [0.05, 0.1) is 22.9 Å². The lowest BCUT2D eigenvalue weighted by atomic mass is 9.96. The van der Waals surface area contributed by atoms with Crippen LogP contribution in [0.5, 0.6) is 0 Å². The van der Waals surface area contributed by atoms with Gasteiger partial charge < -0.3 is 16.2 Å². The molecule has 9 nitrogen and oxygen atoms in total. The van der Waals surface area contributed by atoms with E-state index in [4.69, 9.17) is 20.4 Å². The number of rotatable bonds is 9. The van der Waals surface area contributed by atoms with Crippen LogP contribution in [0, 0.1) is 11.7 Å². The SMILES string of the molecule is C=C/C=C(\C=NC)c1nn(-c2ccc(NC(=O)OCC(C)C)cc2F)c2c1CCC(N)=C2SCC.NC=O. The van der Waals surface area contributed by atoms with Gasteiger partial charge in [-0.05, 0) is 42.7 Å². The molecule has 2 aromatic rings. The quantitative estimate of drug-likeness (QED) is 0.234. The molecule has 0 unspecified atom stereocenters. The van der Waals surface area contributed by atoms with E-state index in [1.165, 1.54) is 6.07 Å². The van der Waals surface area contributed by atoms with Gasteiger partial charge in [0.15, 0.2) is 5.82 Å². The number of nitrogens with one attached hydrogen (secondary N) is 1. The third-order valence-corrected chi connectivity index (χ3v) is 6.27. The molecule has 0 radical (unpaired) electrons. The molecule has 1 aromatic carbocycles. The summed E-state index contributed by atoms with van der Waals surface area (Å²) in [6, 6.07) is 4.48. The Hall–Kier alpha value is -3.86. The van der Waals surface area contributed by atoms with Crippen molar-refractivity contribution in [2.24, 2.45) is 22.4 Å². The van der Waals surface area contributed by atoms with Gasteiger partial charge in [0, 0.05) is 35.8 Å². The van der Waals surface area contributed by atoms with Gasteiger partial charge in [-0.1, -0.05) is 39.5 Å². The number of primary amides is 1. The maximum Gasteiger partial charge on any atom is 0.411 e. The van der Waals surface area contributed by atoms with Crippen molar-refractivity contribution < 1.29 is 18.7 Å². The van der Waals surface area contributed by atoms with Crippen molar-refractivity contribution in [3.8, 4) is 5.69 Å². The molecule has 1 heterocycles. The van der Waals surface area contributed by atoms with Crippen LogP contribution in [0.4, 0.5) is 14.9 Å². The minimum Gasteiger partial charge on any atom is -0.449 e. The van der Waals surface area contributed by atoms with Gasteiger partial charge in [0.1, 0.15) is 5.69 Å². The van der Waals surface area contributed by atoms with E-state index in [-0.39, 0.29) is 24.6 Å². The molecule has 0 saturated carbocycles. The third kappa shape index (κ3) is 7.58. The van der Waals surface area contributed by atoms with Gasteiger partial charge in [-0.25, -0.2) is 13.9 Å². The molecule has 0 saturated heterocycles. The van der Waals surface area contributed by atoms with E-state index in [1.54, 1.807) is 47.9 Å². The minimum atomic E-state index is -0.625. The van der Waals surface area contributed by atoms with E-state index in [0.717, 1.165) is 33.2 Å². The lowest BCUT2D eigenvalue weighted by Gasteiger charge is -2.20. The fourth-order valence-corrected chi connectivity index (χ4v) is 4.68. The highest BCUT2D eigenvalue weighted by Gasteiger charge is 2.29. The van der Waals surface area contributed by atoms with Crippen LogP contribution < -0.4 is 16.8 Å². The predicted octanol–water partition coefficient (Wildman–Crippen LogP) is 4.91. The second-order valence-corrected chi connectivity index (χ2v) is 9.81. The molecule has 0 fully saturated rings. The number of carbonyl (C=O) groups is 2. The average molecular weight is 543 g/mol. The summed E-state index contributed by atoms with van der Waals surface area (Å²) in [6.07, 6.45) is 6.23. The monoisotopic (exact) mass is 542 g/mol. The average Bonchev–Trinajstić information content (AvgIpc) is 3.24. The summed E-state index contributed by atoms with van der Waals surface area (Å²) in [7, 11) is 1.69. The predicted molar refractivity (Wildman–Crippen MR) is 154 cm³/mol. The van der Waals surface area contributed by atoms with Crippen LogP contribution in [0.25, 0.3) is 16.2 Å². The summed E-state index contributed by atoms with van der Waals surface area (Å²) in [5.74, 6) is 0.478. The molecule has 1 aliphatic carbocycles. The van der Waals surface area contributed by atoms with Gasteiger partial charge in [-0.2, -0.15) is 5.10 Å². The largest absolute Gasteiger partial charge is 0.449 e. The number of aliphatic imine (C=N–C) groups is 1. The Morgan fingerprint density at radius 2 is 2.11 bits per heavy atom. The fraction of sp³-hybridized carbons (Fsp3) is 0.333. The molecular weight excluding hydrogens is 507 g/mol. The number of halogens is 1. The number of fused-ring (bicyclic) bond motifs is 1. The molecular formula is C27H35FN6O3S. The van der Waals surface area contributed by atoms with Crippen LogP contribution >= 0.6 is 11.8 Å². The first-order valence-corrected chi connectivity index (χ1v) is 13.1. The van der Waals surface area contributed by atoms with Crippen molar-refractivity contribution in [1.29, 1.82) is 0 Å². The number of hydrogen-bond acceptors (Lipinski definition) is 7. The highest BCUT2D eigenvalue weighted by molar-refractivity contribution is 8.08. The topological polar surface area (TPSA) is 138 Å². The first-order chi connectivity index (χ1) is 18.2. The number of anilines is 1. The van der Waals surface area contributed by atoms with Crippen LogP contribution in [-0.2, 0) is 16.0 Å². The number of nitrogens with zero attached hydrogens (tertiary/aromatic N) is 3. The zero-order valence-corrected chi connectivity index (χ0v) is 23.0. The van der Waals surface area contributed by atoms with E-state index in [2.05, 4.69) is 22.6 Å². The molecule has 0 spiro atoms. The first kappa shape index (κ1) is 30.4. The lowest BCUT2D eigenvalue weighted by molar-refractivity contribution is -0.106. The van der Waals surface area contributed by atoms with E-state index >= 15 is 4.39 Å². The van der Waals surface area contributed by atoms with Crippen LogP contribution in [0.15, 0.2) is 47.6 Å². The normalized spacial score (nSPS) is 13.2. The minimum absolute atomic E-state index is 0.202. The van der Waals surface area contributed by atoms with Gasteiger partial charge in [-0.3, -0.25) is 15.1 Å². The van der Waals surface area contributed by atoms with Gasteiger partial charge in [0.25, 0.3) is 0 Å². The molecule has 0 aliphatic heterocycles. The van der Waals surface area contributed by atoms with Crippen molar-refractivity contribution >= 4 is 46.6 Å². The molecule has 204 valence electrons. The Morgan fingerprint density at radius 1 is 1.39 bits per heavy atom. The van der Waals surface area contributed by atoms with E-state index in [9.17, 15) is 4.79 Å². The van der Waals surface area contributed by atoms with E-state index in [1.807, 2.05) is 26.8 Å². The van der Waals surface area contributed by atoms with Crippen LogP contribution in [0.3, 0.4) is 0 Å². The summed E-state index contributed by atoms with van der Waals surface area (Å²) in [6.45, 7) is 10.0. The fourth-order valence-electron chi connectivity index (χ4n) is 3.76.